The topological polar surface area (TPSA) is 45.7 Å². The Morgan fingerprint density at radius 1 is 1.15 bits per heavy atom. The first-order valence-electron chi connectivity index (χ1n) is 8.80. The van der Waals surface area contributed by atoms with E-state index in [9.17, 15) is 4.39 Å². The number of hydrogen-bond donors (Lipinski definition) is 2. The lowest BCUT2D eigenvalue weighted by Crippen LogP contribution is -2.38. The summed E-state index contributed by atoms with van der Waals surface area (Å²) in [5.41, 5.74) is 4.09. The van der Waals surface area contributed by atoms with Gasteiger partial charge in [0.25, 0.3) is 0 Å². The zero-order valence-corrected chi connectivity index (χ0v) is 18.7. The predicted molar refractivity (Wildman–Crippen MR) is 120 cm³/mol. The van der Waals surface area contributed by atoms with Crippen LogP contribution in [0.4, 0.5) is 4.39 Å². The lowest BCUT2D eigenvalue weighted by atomic mass is 10.0. The fourth-order valence-corrected chi connectivity index (χ4v) is 2.67. The Labute approximate surface area is 178 Å². The Bertz CT molecular complexity index is 735. The second-order valence-corrected chi connectivity index (χ2v) is 6.48. The number of aliphatic imine (C=N–C) groups is 1. The van der Waals surface area contributed by atoms with Crippen LogP contribution >= 0.6 is 24.0 Å². The van der Waals surface area contributed by atoms with Crippen molar-refractivity contribution in [3.8, 4) is 0 Å². The molecule has 0 aliphatic heterocycles. The number of benzene rings is 2. The summed E-state index contributed by atoms with van der Waals surface area (Å²) in [7, 11) is 3.30. The molecule has 1 unspecified atom stereocenters. The molecule has 0 bridgehead atoms. The maximum atomic E-state index is 13.7. The van der Waals surface area contributed by atoms with Gasteiger partial charge in [0.15, 0.2) is 5.96 Å². The molecule has 0 saturated carbocycles. The second kappa shape index (κ2) is 11.9. The van der Waals surface area contributed by atoms with Crippen molar-refractivity contribution >= 4 is 29.9 Å². The van der Waals surface area contributed by atoms with Crippen LogP contribution in [0.3, 0.4) is 0 Å². The van der Waals surface area contributed by atoms with Gasteiger partial charge in [-0.2, -0.15) is 0 Å². The number of nitrogens with one attached hydrogen (secondary N) is 2. The standard InChI is InChI=1S/C21H28FN3O.HI/c1-15-5-8-18(9-6-15)16(2)12-24-21(23-3)25-13-17-7-10-20(22)19(11-17)14-26-4;/h5-11,16H,12-14H2,1-4H3,(H2,23,24,25);1H. The highest BCUT2D eigenvalue weighted by atomic mass is 127. The molecule has 2 aromatic rings. The van der Waals surface area contributed by atoms with Gasteiger partial charge in [-0.25, -0.2) is 4.39 Å². The summed E-state index contributed by atoms with van der Waals surface area (Å²) in [5, 5.41) is 6.61. The Morgan fingerprint density at radius 2 is 1.85 bits per heavy atom. The van der Waals surface area contributed by atoms with E-state index in [1.165, 1.54) is 17.2 Å². The van der Waals surface area contributed by atoms with Gasteiger partial charge in [0, 0.05) is 32.8 Å². The van der Waals surface area contributed by atoms with E-state index in [0.29, 0.717) is 18.0 Å². The van der Waals surface area contributed by atoms with Crippen LogP contribution in [0.1, 0.15) is 35.1 Å². The molecule has 0 amide bonds. The number of rotatable bonds is 7. The van der Waals surface area contributed by atoms with E-state index >= 15 is 0 Å². The molecule has 0 aromatic heterocycles. The van der Waals surface area contributed by atoms with E-state index < -0.39 is 0 Å². The van der Waals surface area contributed by atoms with Crippen LogP contribution in [-0.4, -0.2) is 26.7 Å². The maximum absolute atomic E-state index is 13.7. The van der Waals surface area contributed by atoms with Gasteiger partial charge in [0.1, 0.15) is 5.82 Å². The average molecular weight is 485 g/mol. The number of halogens is 2. The lowest BCUT2D eigenvalue weighted by Gasteiger charge is -2.17. The fraction of sp³-hybridized carbons (Fsp3) is 0.381. The van der Waals surface area contributed by atoms with Crippen molar-refractivity contribution in [2.75, 3.05) is 20.7 Å². The molecule has 1 atom stereocenters. The fourth-order valence-electron chi connectivity index (χ4n) is 2.67. The molecule has 0 saturated heterocycles. The highest BCUT2D eigenvalue weighted by Gasteiger charge is 2.08. The maximum Gasteiger partial charge on any atom is 0.191 e. The summed E-state index contributed by atoms with van der Waals surface area (Å²) in [5.74, 6) is 0.847. The van der Waals surface area contributed by atoms with Crippen LogP contribution in [0.5, 0.6) is 0 Å². The van der Waals surface area contributed by atoms with Crippen molar-refractivity contribution in [1.82, 2.24) is 10.6 Å². The predicted octanol–water partition coefficient (Wildman–Crippen LogP) is 4.37. The molecule has 6 heteroatoms. The third-order valence-electron chi connectivity index (χ3n) is 4.32. The van der Waals surface area contributed by atoms with Crippen molar-refractivity contribution in [2.45, 2.75) is 32.9 Å². The summed E-state index contributed by atoms with van der Waals surface area (Å²) < 4.78 is 18.7. The number of nitrogens with zero attached hydrogens (tertiary/aromatic N) is 1. The number of guanidine groups is 1. The van der Waals surface area contributed by atoms with Gasteiger partial charge >= 0.3 is 0 Å². The minimum Gasteiger partial charge on any atom is -0.380 e. The molecule has 0 aliphatic rings. The van der Waals surface area contributed by atoms with Crippen LogP contribution < -0.4 is 10.6 Å². The number of ether oxygens (including phenoxy) is 1. The van der Waals surface area contributed by atoms with Crippen molar-refractivity contribution in [3.63, 3.8) is 0 Å². The molecule has 27 heavy (non-hydrogen) atoms. The molecule has 0 fully saturated rings. The Morgan fingerprint density at radius 3 is 2.48 bits per heavy atom. The molecular formula is C21H29FIN3O. The first-order chi connectivity index (χ1) is 12.5. The first kappa shape index (κ1) is 23.4. The highest BCUT2D eigenvalue weighted by Crippen LogP contribution is 2.15. The summed E-state index contributed by atoms with van der Waals surface area (Å²) >= 11 is 0. The monoisotopic (exact) mass is 485 g/mol. The number of methoxy groups -OCH3 is 1. The van der Waals surface area contributed by atoms with Crippen molar-refractivity contribution in [1.29, 1.82) is 0 Å². The minimum absolute atomic E-state index is 0. The zero-order chi connectivity index (χ0) is 18.9. The lowest BCUT2D eigenvalue weighted by molar-refractivity contribution is 0.181. The van der Waals surface area contributed by atoms with Gasteiger partial charge in [0.2, 0.25) is 0 Å². The van der Waals surface area contributed by atoms with Crippen LogP contribution in [0, 0.1) is 12.7 Å². The molecule has 4 nitrogen and oxygen atoms in total. The summed E-state index contributed by atoms with van der Waals surface area (Å²) in [6, 6.07) is 13.6. The smallest absolute Gasteiger partial charge is 0.191 e. The average Bonchev–Trinajstić information content (AvgIpc) is 2.65. The third kappa shape index (κ3) is 7.46. The molecule has 0 heterocycles. The van der Waals surface area contributed by atoms with Crippen LogP contribution in [-0.2, 0) is 17.9 Å². The Hall–Kier alpha value is -1.67. The normalized spacial score (nSPS) is 12.3. The largest absolute Gasteiger partial charge is 0.380 e. The molecule has 2 rings (SSSR count). The van der Waals surface area contributed by atoms with Gasteiger partial charge in [0.05, 0.1) is 6.61 Å². The quantitative estimate of drug-likeness (QED) is 0.348. The van der Waals surface area contributed by atoms with E-state index in [2.05, 4.69) is 53.7 Å². The molecule has 2 N–H and O–H groups in total. The van der Waals surface area contributed by atoms with Gasteiger partial charge in [-0.15, -0.1) is 24.0 Å². The molecular weight excluding hydrogens is 456 g/mol. The van der Waals surface area contributed by atoms with Crippen LogP contribution in [0.15, 0.2) is 47.5 Å². The van der Waals surface area contributed by atoms with E-state index in [-0.39, 0.29) is 36.4 Å². The van der Waals surface area contributed by atoms with E-state index in [1.54, 1.807) is 20.2 Å². The summed E-state index contributed by atoms with van der Waals surface area (Å²) in [6.45, 7) is 5.88. The van der Waals surface area contributed by atoms with Crippen molar-refractivity contribution < 1.29 is 9.13 Å². The van der Waals surface area contributed by atoms with E-state index in [0.717, 1.165) is 18.1 Å². The Balaban J connectivity index is 0.00000364. The summed E-state index contributed by atoms with van der Waals surface area (Å²) in [4.78, 5) is 4.25. The third-order valence-corrected chi connectivity index (χ3v) is 4.32. The van der Waals surface area contributed by atoms with Gasteiger partial charge in [-0.05, 0) is 36.1 Å². The first-order valence-corrected chi connectivity index (χ1v) is 8.80. The van der Waals surface area contributed by atoms with Gasteiger partial charge in [-0.1, -0.05) is 42.8 Å². The molecule has 2 aromatic carbocycles. The molecule has 148 valence electrons. The van der Waals surface area contributed by atoms with E-state index in [4.69, 9.17) is 4.74 Å². The second-order valence-electron chi connectivity index (χ2n) is 6.48. The summed E-state index contributed by atoms with van der Waals surface area (Å²) in [6.07, 6.45) is 0. The van der Waals surface area contributed by atoms with Crippen molar-refractivity contribution in [2.24, 2.45) is 4.99 Å². The number of hydrogen-bond acceptors (Lipinski definition) is 2. The van der Waals surface area contributed by atoms with Crippen LogP contribution in [0.2, 0.25) is 0 Å². The van der Waals surface area contributed by atoms with Gasteiger partial charge in [-0.3, -0.25) is 4.99 Å². The van der Waals surface area contributed by atoms with E-state index in [1.807, 2.05) is 6.07 Å². The SMILES string of the molecule is CN=C(NCc1ccc(F)c(COC)c1)NCC(C)c1ccc(C)cc1.I. The van der Waals surface area contributed by atoms with Crippen LogP contribution in [0.25, 0.3) is 0 Å². The van der Waals surface area contributed by atoms with Crippen molar-refractivity contribution in [3.05, 3.63) is 70.5 Å². The molecule has 0 aliphatic carbocycles. The Kier molecular flexibility index (Phi) is 10.3. The molecule has 0 spiro atoms. The number of aryl methyl sites for hydroxylation is 1. The molecule has 0 radical (unpaired) electrons. The highest BCUT2D eigenvalue weighted by molar-refractivity contribution is 14.0. The van der Waals surface area contributed by atoms with Gasteiger partial charge < -0.3 is 15.4 Å². The minimum atomic E-state index is -0.245. The zero-order valence-electron chi connectivity index (χ0n) is 16.4.